The Morgan fingerprint density at radius 3 is 1.95 bits per heavy atom. The molecule has 0 fully saturated rings. The molecule has 5 N–H and O–H groups in total. The van der Waals surface area contributed by atoms with Crippen molar-refractivity contribution >= 4 is 69.6 Å². The zero-order valence-corrected chi connectivity index (χ0v) is 24.5. The number of aromatic hydroxyl groups is 1. The molecule has 18 heteroatoms. The number of nitrogens with two attached hydrogens (primary N) is 1. The molecule has 4 aromatic carbocycles. The Hall–Kier alpha value is -4.33. The van der Waals surface area contributed by atoms with Gasteiger partial charge in [0.2, 0.25) is 0 Å². The highest BCUT2D eigenvalue weighted by atomic mass is 32.3. The largest absolute Gasteiger partial charge is 0.505 e. The van der Waals surface area contributed by atoms with E-state index in [9.17, 15) is 34.9 Å². The number of azo groups is 2. The molecule has 0 saturated heterocycles. The summed E-state index contributed by atoms with van der Waals surface area (Å²) < 4.78 is 92.7. The van der Waals surface area contributed by atoms with Crippen LogP contribution in [0.4, 0.5) is 28.4 Å². The van der Waals surface area contributed by atoms with E-state index in [1.807, 2.05) is 19.1 Å². The number of nitrogen functional groups attached to an aromatic ring is 1. The van der Waals surface area contributed by atoms with E-state index >= 15 is 0 Å². The first-order valence-corrected chi connectivity index (χ1v) is 16.4. The number of hydrogen-bond donors (Lipinski definition) is 4. The van der Waals surface area contributed by atoms with Crippen LogP contribution in [-0.2, 0) is 34.5 Å². The maximum absolute atomic E-state index is 12.4. The van der Waals surface area contributed by atoms with Gasteiger partial charge in [-0.15, -0.1) is 10.2 Å². The summed E-state index contributed by atoms with van der Waals surface area (Å²) in [6.45, 7) is 1.09. The summed E-state index contributed by atoms with van der Waals surface area (Å²) in [5.41, 5.74) is 7.28. The fourth-order valence-corrected chi connectivity index (χ4v) is 5.90. The number of hydrogen-bond acceptors (Lipinski definition) is 13. The number of phenolic OH excluding ortho intramolecular Hbond substituents is 1. The maximum atomic E-state index is 12.4. The van der Waals surface area contributed by atoms with Crippen molar-refractivity contribution in [3.05, 3.63) is 72.3 Å². The van der Waals surface area contributed by atoms with Gasteiger partial charge in [0.1, 0.15) is 16.3 Å². The Balaban J connectivity index is 1.70. The lowest BCUT2D eigenvalue weighted by Gasteiger charge is -2.11. The molecule has 0 bridgehead atoms. The Kier molecular flexibility index (Phi) is 8.90. The number of rotatable bonds is 10. The molecule has 4 rings (SSSR count). The van der Waals surface area contributed by atoms with Crippen molar-refractivity contribution in [1.29, 1.82) is 0 Å². The number of benzene rings is 4. The van der Waals surface area contributed by atoms with Crippen molar-refractivity contribution in [2.75, 3.05) is 18.1 Å². The van der Waals surface area contributed by atoms with Gasteiger partial charge < -0.3 is 10.8 Å². The van der Waals surface area contributed by atoms with Gasteiger partial charge >= 0.3 is 10.4 Å². The summed E-state index contributed by atoms with van der Waals surface area (Å²) >= 11 is 0. The molecule has 0 saturated carbocycles. The summed E-state index contributed by atoms with van der Waals surface area (Å²) in [4.78, 5) is -1.01. The molecule has 0 unspecified atom stereocenters. The normalized spacial score (nSPS) is 12.9. The van der Waals surface area contributed by atoms with Crippen LogP contribution >= 0.6 is 0 Å². The van der Waals surface area contributed by atoms with Crippen LogP contribution in [0.3, 0.4) is 0 Å². The summed E-state index contributed by atoms with van der Waals surface area (Å²) in [5.74, 6) is -1.48. The molecular formula is C25H23N5O10S3. The van der Waals surface area contributed by atoms with E-state index in [0.29, 0.717) is 5.69 Å². The predicted octanol–water partition coefficient (Wildman–Crippen LogP) is 5.11. The predicted molar refractivity (Wildman–Crippen MR) is 155 cm³/mol. The van der Waals surface area contributed by atoms with Crippen LogP contribution in [0.25, 0.3) is 10.8 Å². The van der Waals surface area contributed by atoms with Gasteiger partial charge in [-0.2, -0.15) is 27.1 Å². The number of anilines is 1. The number of sulfone groups is 1. The lowest BCUT2D eigenvalue weighted by molar-refractivity contribution is 0.284. The molecule has 0 aliphatic heterocycles. The minimum absolute atomic E-state index is 0.0162. The summed E-state index contributed by atoms with van der Waals surface area (Å²) in [5, 5.41) is 27.0. The third kappa shape index (κ3) is 7.74. The Morgan fingerprint density at radius 1 is 0.791 bits per heavy atom. The third-order valence-corrected chi connectivity index (χ3v) is 8.89. The average Bonchev–Trinajstić information content (AvgIpc) is 2.91. The quantitative estimate of drug-likeness (QED) is 0.0998. The van der Waals surface area contributed by atoms with E-state index < -0.39 is 59.0 Å². The number of nitrogens with zero attached hydrogens (tertiary/aromatic N) is 4. The summed E-state index contributed by atoms with van der Waals surface area (Å²) in [6.07, 6.45) is 0. The first-order chi connectivity index (χ1) is 20.0. The van der Waals surface area contributed by atoms with E-state index in [2.05, 4.69) is 24.6 Å². The molecule has 43 heavy (non-hydrogen) atoms. The molecule has 0 atom stereocenters. The van der Waals surface area contributed by atoms with Crippen molar-refractivity contribution in [2.45, 2.75) is 16.7 Å². The van der Waals surface area contributed by atoms with Crippen LogP contribution in [0.15, 0.2) is 97.0 Å². The first kappa shape index (κ1) is 31.6. The fraction of sp³-hybridized carbons (Fsp3) is 0.120. The Labute approximate surface area is 246 Å². The van der Waals surface area contributed by atoms with Crippen LogP contribution < -0.4 is 5.73 Å². The van der Waals surface area contributed by atoms with Crippen LogP contribution in [0.1, 0.15) is 5.56 Å². The lowest BCUT2D eigenvalue weighted by Crippen LogP contribution is -2.15. The van der Waals surface area contributed by atoms with E-state index in [0.717, 1.165) is 23.8 Å². The van der Waals surface area contributed by atoms with Gasteiger partial charge in [-0.05, 0) is 60.8 Å². The van der Waals surface area contributed by atoms with E-state index in [4.69, 9.17) is 10.3 Å². The molecule has 226 valence electrons. The van der Waals surface area contributed by atoms with E-state index in [-0.39, 0.29) is 32.7 Å². The smallest absolute Gasteiger partial charge is 0.397 e. The Bertz CT molecular complexity index is 2080. The van der Waals surface area contributed by atoms with Gasteiger partial charge in [-0.25, -0.2) is 12.6 Å². The fourth-order valence-electron chi connectivity index (χ4n) is 3.75. The SMILES string of the molecule is Cc1ccc(N=Nc2ccc3cc(S(=O)(=O)O)c(N=Nc4ccc(S(=O)(=O)CCOS(=O)(=O)O)cc4)c(O)c3c2N)cc1. The molecular weight excluding hydrogens is 627 g/mol. The summed E-state index contributed by atoms with van der Waals surface area (Å²) in [6, 6.07) is 15.7. The van der Waals surface area contributed by atoms with Crippen molar-refractivity contribution in [2.24, 2.45) is 20.5 Å². The van der Waals surface area contributed by atoms with Crippen LogP contribution in [0.2, 0.25) is 0 Å². The number of fused-ring (bicyclic) bond motifs is 1. The highest BCUT2D eigenvalue weighted by molar-refractivity contribution is 7.91. The van der Waals surface area contributed by atoms with Crippen molar-refractivity contribution < 1.29 is 43.6 Å². The van der Waals surface area contributed by atoms with Crippen LogP contribution in [0.5, 0.6) is 5.75 Å². The van der Waals surface area contributed by atoms with Gasteiger partial charge in [0.25, 0.3) is 10.1 Å². The molecule has 0 aliphatic carbocycles. The number of aryl methyl sites for hydroxylation is 1. The minimum Gasteiger partial charge on any atom is -0.505 e. The maximum Gasteiger partial charge on any atom is 0.397 e. The van der Waals surface area contributed by atoms with Crippen molar-refractivity contribution in [1.82, 2.24) is 0 Å². The molecule has 4 aromatic rings. The second kappa shape index (κ2) is 12.1. The topological polar surface area (TPSA) is 248 Å². The Morgan fingerprint density at radius 2 is 1.37 bits per heavy atom. The van der Waals surface area contributed by atoms with E-state index in [1.165, 1.54) is 24.3 Å². The molecule has 0 aliphatic rings. The summed E-state index contributed by atoms with van der Waals surface area (Å²) in [7, 11) is -13.7. The molecule has 0 heterocycles. The molecule has 15 nitrogen and oxygen atoms in total. The van der Waals surface area contributed by atoms with Crippen LogP contribution in [0, 0.1) is 6.92 Å². The van der Waals surface area contributed by atoms with Gasteiger partial charge in [0.15, 0.2) is 15.6 Å². The van der Waals surface area contributed by atoms with Gasteiger partial charge in [-0.1, -0.05) is 23.8 Å². The second-order valence-corrected chi connectivity index (χ2v) is 13.5. The van der Waals surface area contributed by atoms with Gasteiger partial charge in [0.05, 0.1) is 39.7 Å². The number of phenols is 1. The van der Waals surface area contributed by atoms with Crippen molar-refractivity contribution in [3.8, 4) is 5.75 Å². The molecule has 0 amide bonds. The molecule has 0 aromatic heterocycles. The standard InChI is InChI=1S/C25H23N5O10S3/c1-15-2-5-17(6-3-15)27-29-20-11-4-16-14-21(42(34,35)36)24(25(31)22(16)23(20)26)30-28-18-7-9-19(10-8-18)41(32,33)13-12-40-43(37,38)39/h2-11,14,31H,12-13,26H2,1H3,(H,34,35,36)(H,37,38,39). The van der Waals surface area contributed by atoms with Gasteiger partial charge in [-0.3, -0.25) is 9.11 Å². The lowest BCUT2D eigenvalue weighted by atomic mass is 10.1. The van der Waals surface area contributed by atoms with Crippen molar-refractivity contribution in [3.63, 3.8) is 0 Å². The molecule has 0 radical (unpaired) electrons. The second-order valence-electron chi connectivity index (χ2n) is 8.94. The van der Waals surface area contributed by atoms with Crippen LogP contribution in [-0.4, -0.2) is 51.8 Å². The average molecular weight is 650 g/mol. The molecule has 0 spiro atoms. The minimum atomic E-state index is -4.92. The first-order valence-electron chi connectivity index (χ1n) is 12.0. The third-order valence-electron chi connectivity index (χ3n) is 5.87. The zero-order chi connectivity index (χ0) is 31.6. The highest BCUT2D eigenvalue weighted by Crippen LogP contribution is 2.46. The van der Waals surface area contributed by atoms with E-state index in [1.54, 1.807) is 12.1 Å². The zero-order valence-electron chi connectivity index (χ0n) is 22.1. The highest BCUT2D eigenvalue weighted by Gasteiger charge is 2.24. The van der Waals surface area contributed by atoms with Gasteiger partial charge in [0, 0.05) is 0 Å². The monoisotopic (exact) mass is 649 g/mol.